The van der Waals surface area contributed by atoms with Crippen LogP contribution in [0.2, 0.25) is 0 Å². The molecule has 1 atom stereocenters. The normalized spacial score (nSPS) is 16.2. The van der Waals surface area contributed by atoms with Crippen molar-refractivity contribution in [1.82, 2.24) is 0 Å². The number of fused-ring (bicyclic) bond motifs is 1. The Morgan fingerprint density at radius 3 is 2.54 bits per heavy atom. The van der Waals surface area contributed by atoms with Gasteiger partial charge in [0.1, 0.15) is 29.4 Å². The van der Waals surface area contributed by atoms with Gasteiger partial charge in [-0.1, -0.05) is 6.07 Å². The highest BCUT2D eigenvalue weighted by atomic mass is 16.5. The molecule has 0 radical (unpaired) electrons. The van der Waals surface area contributed by atoms with Crippen molar-refractivity contribution in [2.24, 2.45) is 0 Å². The topological polar surface area (TPSA) is 105 Å². The van der Waals surface area contributed by atoms with Crippen LogP contribution in [-0.2, 0) is 0 Å². The first-order valence-corrected chi connectivity index (χ1v) is 7.14. The fourth-order valence-electron chi connectivity index (χ4n) is 2.82. The molecule has 1 heterocycles. The zero-order valence-electron chi connectivity index (χ0n) is 13.1. The smallest absolute Gasteiger partial charge is 0.201 e. The summed E-state index contributed by atoms with van der Waals surface area (Å²) in [4.78, 5) is 12.8. The summed E-state index contributed by atoms with van der Waals surface area (Å²) in [6.45, 7) is -0.0170. The number of hydrogen-bond donors (Lipinski definition) is 3. The molecular formula is C17H16O7. The van der Waals surface area contributed by atoms with Gasteiger partial charge in [-0.3, -0.25) is 4.79 Å². The summed E-state index contributed by atoms with van der Waals surface area (Å²) in [5, 5.41) is 29.7. The van der Waals surface area contributed by atoms with E-state index in [-0.39, 0.29) is 46.7 Å². The first-order valence-electron chi connectivity index (χ1n) is 7.14. The average molecular weight is 332 g/mol. The van der Waals surface area contributed by atoms with E-state index in [2.05, 4.69) is 0 Å². The molecule has 0 saturated carbocycles. The Morgan fingerprint density at radius 2 is 1.88 bits per heavy atom. The number of phenols is 3. The Balaban J connectivity index is 2.09. The Labute approximate surface area is 137 Å². The number of methoxy groups -OCH3 is 2. The second-order valence-corrected chi connectivity index (χ2v) is 5.30. The Kier molecular flexibility index (Phi) is 3.84. The molecule has 3 N–H and O–H groups in total. The quantitative estimate of drug-likeness (QED) is 0.791. The second kappa shape index (κ2) is 5.84. The summed E-state index contributed by atoms with van der Waals surface area (Å²) in [6.07, 6.45) is 0. The minimum atomic E-state index is -0.778. The predicted molar refractivity (Wildman–Crippen MR) is 83.5 cm³/mol. The maximum Gasteiger partial charge on any atom is 0.201 e. The molecule has 3 rings (SSSR count). The first kappa shape index (κ1) is 15.8. The minimum Gasteiger partial charge on any atom is -0.508 e. The van der Waals surface area contributed by atoms with Crippen LogP contribution in [0.25, 0.3) is 0 Å². The molecule has 126 valence electrons. The summed E-state index contributed by atoms with van der Waals surface area (Å²) >= 11 is 0. The van der Waals surface area contributed by atoms with Gasteiger partial charge < -0.3 is 29.5 Å². The van der Waals surface area contributed by atoms with E-state index in [1.165, 1.54) is 26.4 Å². The average Bonchev–Trinajstić information content (AvgIpc) is 2.54. The lowest BCUT2D eigenvalue weighted by Gasteiger charge is -2.26. The fraction of sp³-hybridized carbons (Fsp3) is 0.235. The standard InChI is InChI=1S/C17H16O7/c1-22-12-4-3-9(17(23-2)16(12)21)10-7-24-13-6-8(18)5-11(19)14(13)15(10)20/h3-6,10,18-19,21H,7H2,1-2H3/t10-/m1/s1. The van der Waals surface area contributed by atoms with Gasteiger partial charge in [-0.05, 0) is 6.07 Å². The zero-order valence-corrected chi connectivity index (χ0v) is 13.1. The molecule has 1 aliphatic rings. The van der Waals surface area contributed by atoms with Crippen molar-refractivity contribution in [2.75, 3.05) is 20.8 Å². The molecule has 2 aromatic carbocycles. The highest BCUT2D eigenvalue weighted by molar-refractivity contribution is 6.07. The largest absolute Gasteiger partial charge is 0.508 e. The Hall–Kier alpha value is -3.09. The number of ether oxygens (including phenoxy) is 3. The van der Waals surface area contributed by atoms with Gasteiger partial charge in [-0.25, -0.2) is 0 Å². The van der Waals surface area contributed by atoms with Crippen LogP contribution in [0, 0.1) is 0 Å². The first-order chi connectivity index (χ1) is 11.5. The molecule has 0 unspecified atom stereocenters. The second-order valence-electron chi connectivity index (χ2n) is 5.30. The van der Waals surface area contributed by atoms with Gasteiger partial charge in [0.15, 0.2) is 17.3 Å². The summed E-state index contributed by atoms with van der Waals surface area (Å²) in [5.41, 5.74) is 0.403. The van der Waals surface area contributed by atoms with Crippen molar-refractivity contribution in [1.29, 1.82) is 0 Å². The van der Waals surface area contributed by atoms with Gasteiger partial charge in [-0.15, -0.1) is 0 Å². The van der Waals surface area contributed by atoms with Gasteiger partial charge in [0.2, 0.25) is 5.75 Å². The fourth-order valence-corrected chi connectivity index (χ4v) is 2.82. The van der Waals surface area contributed by atoms with Gasteiger partial charge in [-0.2, -0.15) is 0 Å². The molecule has 7 heteroatoms. The number of carbonyl (C=O) groups is 1. The number of ketones is 1. The third-order valence-electron chi connectivity index (χ3n) is 3.96. The molecule has 0 saturated heterocycles. The summed E-state index contributed by atoms with van der Waals surface area (Å²) in [7, 11) is 2.78. The van der Waals surface area contributed by atoms with Crippen LogP contribution >= 0.6 is 0 Å². The van der Waals surface area contributed by atoms with Crippen molar-refractivity contribution in [3.63, 3.8) is 0 Å². The summed E-state index contributed by atoms with van der Waals surface area (Å²) in [6, 6.07) is 5.47. The third-order valence-corrected chi connectivity index (χ3v) is 3.96. The van der Waals surface area contributed by atoms with Gasteiger partial charge in [0, 0.05) is 17.7 Å². The highest BCUT2D eigenvalue weighted by Crippen LogP contribution is 2.46. The van der Waals surface area contributed by atoms with Crippen LogP contribution < -0.4 is 14.2 Å². The molecule has 0 aromatic heterocycles. The summed E-state index contributed by atoms with van der Waals surface area (Å²) < 4.78 is 15.8. The molecule has 2 aromatic rings. The molecule has 0 amide bonds. The van der Waals surface area contributed by atoms with Crippen LogP contribution in [0.5, 0.6) is 34.5 Å². The van der Waals surface area contributed by atoms with E-state index in [9.17, 15) is 20.1 Å². The number of carbonyl (C=O) groups excluding carboxylic acids is 1. The molecular weight excluding hydrogens is 316 g/mol. The van der Waals surface area contributed by atoms with Crippen LogP contribution in [-0.4, -0.2) is 41.9 Å². The van der Waals surface area contributed by atoms with E-state index >= 15 is 0 Å². The van der Waals surface area contributed by atoms with Crippen molar-refractivity contribution in [2.45, 2.75) is 5.92 Å². The predicted octanol–water partition coefficient (Wildman–Crippen LogP) is 2.18. The van der Waals surface area contributed by atoms with Gasteiger partial charge in [0.05, 0.1) is 20.1 Å². The maximum absolute atomic E-state index is 12.8. The lowest BCUT2D eigenvalue weighted by Crippen LogP contribution is -2.26. The van der Waals surface area contributed by atoms with Crippen LogP contribution in [0.3, 0.4) is 0 Å². The molecule has 1 aliphatic heterocycles. The Bertz CT molecular complexity index is 813. The zero-order chi connectivity index (χ0) is 17.4. The van der Waals surface area contributed by atoms with Crippen LogP contribution in [0.4, 0.5) is 0 Å². The van der Waals surface area contributed by atoms with Crippen LogP contribution in [0.15, 0.2) is 24.3 Å². The van der Waals surface area contributed by atoms with E-state index in [1.807, 2.05) is 0 Å². The highest BCUT2D eigenvalue weighted by Gasteiger charge is 2.35. The molecule has 7 nitrogen and oxygen atoms in total. The van der Waals surface area contributed by atoms with Crippen molar-refractivity contribution >= 4 is 5.78 Å². The van der Waals surface area contributed by atoms with E-state index in [0.29, 0.717) is 5.56 Å². The van der Waals surface area contributed by atoms with E-state index < -0.39 is 11.7 Å². The lowest BCUT2D eigenvalue weighted by molar-refractivity contribution is 0.0889. The molecule has 0 spiro atoms. The number of Topliss-reactive ketones (excluding diaryl/α,β-unsaturated/α-hetero) is 1. The van der Waals surface area contributed by atoms with Gasteiger partial charge in [0.25, 0.3) is 0 Å². The molecule has 0 fully saturated rings. The minimum absolute atomic E-state index is 0.0126. The van der Waals surface area contributed by atoms with E-state index in [4.69, 9.17) is 14.2 Å². The molecule has 0 aliphatic carbocycles. The van der Waals surface area contributed by atoms with Crippen molar-refractivity contribution in [3.8, 4) is 34.5 Å². The van der Waals surface area contributed by atoms with E-state index in [0.717, 1.165) is 6.07 Å². The third kappa shape index (κ3) is 2.34. The van der Waals surface area contributed by atoms with E-state index in [1.54, 1.807) is 6.07 Å². The maximum atomic E-state index is 12.8. The number of aromatic hydroxyl groups is 3. The summed E-state index contributed by atoms with van der Waals surface area (Å²) in [5.74, 6) is -1.51. The molecule has 24 heavy (non-hydrogen) atoms. The monoisotopic (exact) mass is 332 g/mol. The van der Waals surface area contributed by atoms with Crippen molar-refractivity contribution in [3.05, 3.63) is 35.4 Å². The number of rotatable bonds is 3. The van der Waals surface area contributed by atoms with Crippen molar-refractivity contribution < 1.29 is 34.3 Å². The lowest BCUT2D eigenvalue weighted by atomic mass is 9.87. The van der Waals surface area contributed by atoms with Gasteiger partial charge >= 0.3 is 0 Å². The number of phenolic OH excluding ortho intramolecular Hbond substituents is 3. The number of benzene rings is 2. The Morgan fingerprint density at radius 1 is 1.12 bits per heavy atom. The van der Waals surface area contributed by atoms with Crippen LogP contribution in [0.1, 0.15) is 21.8 Å². The number of hydrogen-bond acceptors (Lipinski definition) is 7. The SMILES string of the molecule is COc1ccc([C@H]2COc3cc(O)cc(O)c3C2=O)c(OC)c1O. The molecule has 0 bridgehead atoms.